The van der Waals surface area contributed by atoms with Gasteiger partial charge in [-0.15, -0.1) is 10.2 Å². The SMILES string of the molecule is COc1cccc(OC)c1-n1c(NS(=O)(=O)[C@@H](C)c2cccc(Cl)c2)nnc1[C@H]1CCCO1. The Morgan fingerprint density at radius 2 is 1.85 bits per heavy atom. The summed E-state index contributed by atoms with van der Waals surface area (Å²) in [5.41, 5.74) is 1.03. The summed E-state index contributed by atoms with van der Waals surface area (Å²) in [4.78, 5) is 0. The average Bonchev–Trinajstić information content (AvgIpc) is 3.47. The molecule has 11 heteroatoms. The molecule has 0 saturated carbocycles. The fraction of sp³-hybridized carbons (Fsp3) is 0.364. The van der Waals surface area contributed by atoms with Crippen LogP contribution >= 0.6 is 11.6 Å². The largest absolute Gasteiger partial charge is 0.494 e. The lowest BCUT2D eigenvalue weighted by Gasteiger charge is -2.20. The van der Waals surface area contributed by atoms with Crippen molar-refractivity contribution in [2.75, 3.05) is 25.5 Å². The zero-order valence-electron chi connectivity index (χ0n) is 18.5. The van der Waals surface area contributed by atoms with Crippen LogP contribution in [0.25, 0.3) is 5.69 Å². The second-order valence-corrected chi connectivity index (χ2v) is 10.0. The van der Waals surface area contributed by atoms with E-state index >= 15 is 0 Å². The first-order valence-electron chi connectivity index (χ1n) is 10.4. The summed E-state index contributed by atoms with van der Waals surface area (Å²) in [6, 6.07) is 12.0. The highest BCUT2D eigenvalue weighted by Gasteiger charge is 2.32. The molecule has 0 radical (unpaired) electrons. The van der Waals surface area contributed by atoms with Gasteiger partial charge in [-0.2, -0.15) is 0 Å². The second kappa shape index (κ2) is 9.58. The molecule has 1 aliphatic heterocycles. The molecule has 9 nitrogen and oxygen atoms in total. The third kappa shape index (κ3) is 4.64. The highest BCUT2D eigenvalue weighted by Crippen LogP contribution is 2.39. The number of ether oxygens (including phenoxy) is 3. The minimum Gasteiger partial charge on any atom is -0.494 e. The number of sulfonamides is 1. The van der Waals surface area contributed by atoms with Gasteiger partial charge in [-0.1, -0.05) is 29.8 Å². The molecule has 0 unspecified atom stereocenters. The van der Waals surface area contributed by atoms with E-state index in [2.05, 4.69) is 14.9 Å². The summed E-state index contributed by atoms with van der Waals surface area (Å²) in [6.45, 7) is 2.17. The molecule has 4 rings (SSSR count). The fourth-order valence-corrected chi connectivity index (χ4v) is 5.05. The van der Waals surface area contributed by atoms with E-state index in [9.17, 15) is 8.42 Å². The maximum atomic E-state index is 13.3. The van der Waals surface area contributed by atoms with Crippen LogP contribution in [0.4, 0.5) is 5.95 Å². The summed E-state index contributed by atoms with van der Waals surface area (Å²) < 4.78 is 47.7. The molecule has 2 atom stereocenters. The number of hydrogen-bond acceptors (Lipinski definition) is 7. The molecule has 1 aliphatic rings. The van der Waals surface area contributed by atoms with Gasteiger partial charge in [0.25, 0.3) is 0 Å². The maximum absolute atomic E-state index is 13.3. The van der Waals surface area contributed by atoms with Gasteiger partial charge in [0.1, 0.15) is 28.5 Å². The lowest BCUT2D eigenvalue weighted by Crippen LogP contribution is -2.22. The van der Waals surface area contributed by atoms with Crippen molar-refractivity contribution in [1.82, 2.24) is 14.8 Å². The van der Waals surface area contributed by atoms with E-state index in [4.69, 9.17) is 25.8 Å². The lowest BCUT2D eigenvalue weighted by molar-refractivity contribution is 0.103. The Morgan fingerprint density at radius 3 is 2.45 bits per heavy atom. The summed E-state index contributed by atoms with van der Waals surface area (Å²) >= 11 is 6.06. The van der Waals surface area contributed by atoms with Gasteiger partial charge >= 0.3 is 0 Å². The summed E-state index contributed by atoms with van der Waals surface area (Å²) in [5.74, 6) is 1.41. The minimum absolute atomic E-state index is 0.0113. The van der Waals surface area contributed by atoms with E-state index in [0.29, 0.717) is 40.2 Å². The first kappa shape index (κ1) is 23.3. The van der Waals surface area contributed by atoms with Gasteiger partial charge in [0.2, 0.25) is 16.0 Å². The predicted octanol–water partition coefficient (Wildman–Crippen LogP) is 4.29. The Morgan fingerprint density at radius 1 is 1.15 bits per heavy atom. The summed E-state index contributed by atoms with van der Waals surface area (Å²) in [5, 5.41) is 8.02. The smallest absolute Gasteiger partial charge is 0.243 e. The van der Waals surface area contributed by atoms with Crippen molar-refractivity contribution in [1.29, 1.82) is 0 Å². The standard InChI is InChI=1S/C22H25ClN4O5S/c1-14(15-7-4-8-16(23)13-15)33(28,29)26-22-25-24-21(19-11-6-12-32-19)27(22)20-17(30-2)9-5-10-18(20)31-3/h4-5,7-10,13-14,19H,6,11-12H2,1-3H3,(H,25,26)/t14-,19+/m0/s1. The van der Waals surface area contributed by atoms with Crippen molar-refractivity contribution in [3.05, 3.63) is 58.9 Å². The van der Waals surface area contributed by atoms with Crippen LogP contribution in [0.5, 0.6) is 11.5 Å². The van der Waals surface area contributed by atoms with E-state index in [1.165, 1.54) is 14.2 Å². The van der Waals surface area contributed by atoms with Crippen molar-refractivity contribution >= 4 is 27.6 Å². The molecule has 2 aromatic carbocycles. The topological polar surface area (TPSA) is 105 Å². The third-order valence-electron chi connectivity index (χ3n) is 5.55. The minimum atomic E-state index is -3.92. The van der Waals surface area contributed by atoms with Gasteiger partial charge in [0.15, 0.2) is 5.82 Å². The Balaban J connectivity index is 1.82. The number of rotatable bonds is 8. The van der Waals surface area contributed by atoms with Crippen molar-refractivity contribution in [2.45, 2.75) is 31.1 Å². The molecule has 0 aliphatic carbocycles. The van der Waals surface area contributed by atoms with Gasteiger partial charge in [0.05, 0.1) is 14.2 Å². The van der Waals surface area contributed by atoms with Crippen molar-refractivity contribution < 1.29 is 22.6 Å². The van der Waals surface area contributed by atoms with Crippen LogP contribution < -0.4 is 14.2 Å². The normalized spacial score (nSPS) is 17.0. The van der Waals surface area contributed by atoms with E-state index in [1.54, 1.807) is 54.0 Å². The molecule has 1 N–H and O–H groups in total. The molecular formula is C22H25ClN4O5S. The van der Waals surface area contributed by atoms with Crippen molar-refractivity contribution in [2.24, 2.45) is 0 Å². The molecule has 0 bridgehead atoms. The van der Waals surface area contributed by atoms with E-state index < -0.39 is 15.3 Å². The molecule has 33 heavy (non-hydrogen) atoms. The second-order valence-electron chi connectivity index (χ2n) is 7.57. The Bertz CT molecular complexity index is 1220. The number of hydrogen-bond donors (Lipinski definition) is 1. The van der Waals surface area contributed by atoms with Crippen LogP contribution in [0.1, 0.15) is 42.5 Å². The van der Waals surface area contributed by atoms with Crippen LogP contribution in [-0.2, 0) is 14.8 Å². The molecule has 1 saturated heterocycles. The lowest BCUT2D eigenvalue weighted by atomic mass is 10.2. The number of nitrogens with one attached hydrogen (secondary N) is 1. The number of nitrogens with zero attached hydrogens (tertiary/aromatic N) is 3. The highest BCUT2D eigenvalue weighted by molar-refractivity contribution is 7.92. The van der Waals surface area contributed by atoms with Gasteiger partial charge in [-0.3, -0.25) is 9.29 Å². The number of methoxy groups -OCH3 is 2. The van der Waals surface area contributed by atoms with Crippen LogP contribution in [-0.4, -0.2) is 44.0 Å². The van der Waals surface area contributed by atoms with Gasteiger partial charge in [-0.25, -0.2) is 8.42 Å². The van der Waals surface area contributed by atoms with E-state index in [0.717, 1.165) is 12.8 Å². The maximum Gasteiger partial charge on any atom is 0.243 e. The molecule has 0 spiro atoms. The first-order chi connectivity index (χ1) is 15.9. The number of para-hydroxylation sites is 1. The van der Waals surface area contributed by atoms with Crippen LogP contribution in [0.2, 0.25) is 5.02 Å². The van der Waals surface area contributed by atoms with Crippen LogP contribution in [0.3, 0.4) is 0 Å². The number of benzene rings is 2. The molecule has 0 amide bonds. The zero-order valence-corrected chi connectivity index (χ0v) is 20.1. The van der Waals surface area contributed by atoms with E-state index in [-0.39, 0.29) is 12.1 Å². The molecular weight excluding hydrogens is 468 g/mol. The number of aromatic nitrogens is 3. The van der Waals surface area contributed by atoms with Gasteiger partial charge < -0.3 is 14.2 Å². The Hall–Kier alpha value is -2.82. The molecule has 176 valence electrons. The quantitative estimate of drug-likeness (QED) is 0.500. The van der Waals surface area contributed by atoms with Crippen LogP contribution in [0.15, 0.2) is 42.5 Å². The Kier molecular flexibility index (Phi) is 6.78. The number of halogens is 1. The molecule has 1 aromatic heterocycles. The predicted molar refractivity (Wildman–Crippen MR) is 125 cm³/mol. The zero-order chi connectivity index (χ0) is 23.6. The van der Waals surface area contributed by atoms with Gasteiger partial charge in [0, 0.05) is 11.6 Å². The average molecular weight is 493 g/mol. The third-order valence-corrected chi connectivity index (χ3v) is 7.45. The molecule has 1 fully saturated rings. The first-order valence-corrected chi connectivity index (χ1v) is 12.3. The number of anilines is 1. The van der Waals surface area contributed by atoms with Gasteiger partial charge in [-0.05, 0) is 49.6 Å². The van der Waals surface area contributed by atoms with Crippen LogP contribution in [0, 0.1) is 0 Å². The monoisotopic (exact) mass is 492 g/mol. The van der Waals surface area contributed by atoms with Crippen molar-refractivity contribution in [3.8, 4) is 17.2 Å². The Labute approximate surface area is 197 Å². The summed E-state index contributed by atoms with van der Waals surface area (Å²) in [6.07, 6.45) is 1.27. The summed E-state index contributed by atoms with van der Waals surface area (Å²) in [7, 11) is -0.863. The van der Waals surface area contributed by atoms with E-state index in [1.807, 2.05) is 0 Å². The molecule has 3 aromatic rings. The fourth-order valence-electron chi connectivity index (χ4n) is 3.78. The highest BCUT2D eigenvalue weighted by atomic mass is 35.5. The molecule has 2 heterocycles. The van der Waals surface area contributed by atoms with Crippen molar-refractivity contribution in [3.63, 3.8) is 0 Å².